The van der Waals surface area contributed by atoms with Crippen LogP contribution in [0.2, 0.25) is 18.1 Å². The predicted molar refractivity (Wildman–Crippen MR) is 89.3 cm³/mol. The second kappa shape index (κ2) is 5.49. The molecule has 0 aromatic heterocycles. The minimum atomic E-state index is -2.05. The van der Waals surface area contributed by atoms with Crippen LogP contribution in [0.3, 0.4) is 0 Å². The normalized spacial score (nSPS) is 23.3. The third kappa shape index (κ3) is 3.13. The lowest BCUT2D eigenvalue weighted by Crippen LogP contribution is -2.61. The van der Waals surface area contributed by atoms with E-state index in [2.05, 4.69) is 33.9 Å². The highest BCUT2D eigenvalue weighted by Gasteiger charge is 2.54. The van der Waals surface area contributed by atoms with Crippen molar-refractivity contribution in [2.24, 2.45) is 5.41 Å². The van der Waals surface area contributed by atoms with Crippen molar-refractivity contribution >= 4 is 20.3 Å². The van der Waals surface area contributed by atoms with Gasteiger partial charge >= 0.3 is 6.09 Å². The average Bonchev–Trinajstić information content (AvgIpc) is 2.63. The van der Waals surface area contributed by atoms with E-state index in [-0.39, 0.29) is 11.6 Å². The molecule has 0 fully saturated rings. The van der Waals surface area contributed by atoms with Gasteiger partial charge in [-0.1, -0.05) is 47.6 Å². The maximum Gasteiger partial charge on any atom is 0.415 e. The summed E-state index contributed by atoms with van der Waals surface area (Å²) in [6.45, 7) is 16.6. The third-order valence-corrected chi connectivity index (χ3v) is 9.55. The SMILES string of the molecule is CC(C)(C)[C@@]1(CO[Si](C)(C)C(C)(C)C)C=CC(=O)N1C(=O)O. The predicted octanol–water partition coefficient (Wildman–Crippen LogP) is 3.87. The van der Waals surface area contributed by atoms with Gasteiger partial charge < -0.3 is 9.53 Å². The number of rotatable bonds is 3. The molecule has 1 rings (SSSR count). The van der Waals surface area contributed by atoms with Crippen LogP contribution < -0.4 is 0 Å². The second-order valence-electron chi connectivity index (χ2n) is 8.51. The molecule has 0 spiro atoms. The first-order valence-corrected chi connectivity index (χ1v) is 10.5. The summed E-state index contributed by atoms with van der Waals surface area (Å²) in [6, 6.07) is 0. The number of hydrogen-bond acceptors (Lipinski definition) is 3. The lowest BCUT2D eigenvalue weighted by molar-refractivity contribution is -0.130. The first-order chi connectivity index (χ1) is 9.66. The van der Waals surface area contributed by atoms with Gasteiger partial charge in [0.25, 0.3) is 5.91 Å². The van der Waals surface area contributed by atoms with Crippen LogP contribution in [0, 0.1) is 5.41 Å². The Balaban J connectivity index is 3.20. The monoisotopic (exact) mass is 327 g/mol. The zero-order valence-electron chi connectivity index (χ0n) is 15.0. The van der Waals surface area contributed by atoms with Gasteiger partial charge in [0.2, 0.25) is 0 Å². The number of carboxylic acid groups (broad SMARTS) is 1. The van der Waals surface area contributed by atoms with E-state index in [0.717, 1.165) is 4.90 Å². The Hall–Kier alpha value is -1.14. The molecule has 0 unspecified atom stereocenters. The number of imide groups is 1. The second-order valence-corrected chi connectivity index (χ2v) is 13.3. The highest BCUT2D eigenvalue weighted by molar-refractivity contribution is 6.74. The van der Waals surface area contributed by atoms with E-state index in [1.807, 2.05) is 20.8 Å². The van der Waals surface area contributed by atoms with E-state index < -0.39 is 31.3 Å². The van der Waals surface area contributed by atoms with E-state index >= 15 is 0 Å². The van der Waals surface area contributed by atoms with E-state index in [1.165, 1.54) is 6.08 Å². The van der Waals surface area contributed by atoms with Gasteiger partial charge in [-0.25, -0.2) is 9.69 Å². The standard InChI is InChI=1S/C16H29NO4Si/c1-14(2,3)16(10-9-12(18)17(16)13(19)20)11-21-22(7,8)15(4,5)6/h9-10H,11H2,1-8H3,(H,19,20)/t16-/m0/s1. The molecular weight excluding hydrogens is 298 g/mol. The van der Waals surface area contributed by atoms with E-state index in [0.29, 0.717) is 0 Å². The maximum atomic E-state index is 12.0. The molecule has 22 heavy (non-hydrogen) atoms. The van der Waals surface area contributed by atoms with Gasteiger partial charge in [0.1, 0.15) is 0 Å². The van der Waals surface area contributed by atoms with Crippen molar-refractivity contribution in [2.45, 2.75) is 65.2 Å². The molecule has 1 N–H and O–H groups in total. The molecule has 1 atom stereocenters. The van der Waals surface area contributed by atoms with Crippen LogP contribution in [0.25, 0.3) is 0 Å². The quantitative estimate of drug-likeness (QED) is 0.799. The fourth-order valence-corrected chi connectivity index (χ4v) is 3.26. The number of carbonyl (C=O) groups is 2. The molecule has 0 aromatic carbocycles. The van der Waals surface area contributed by atoms with E-state index in [1.54, 1.807) is 6.08 Å². The molecule has 0 aromatic rings. The summed E-state index contributed by atoms with van der Waals surface area (Å²) < 4.78 is 6.27. The summed E-state index contributed by atoms with van der Waals surface area (Å²) in [5, 5.41) is 9.51. The molecule has 1 heterocycles. The van der Waals surface area contributed by atoms with E-state index in [9.17, 15) is 14.7 Å². The molecule has 0 saturated carbocycles. The molecule has 1 aliphatic rings. The van der Waals surface area contributed by atoms with Crippen molar-refractivity contribution < 1.29 is 19.1 Å². The smallest absolute Gasteiger partial charge is 0.415 e. The van der Waals surface area contributed by atoms with Crippen LogP contribution in [0.5, 0.6) is 0 Å². The molecular formula is C16H29NO4Si. The summed E-state index contributed by atoms with van der Waals surface area (Å²) in [6.07, 6.45) is 1.80. The summed E-state index contributed by atoms with van der Waals surface area (Å²) in [5.74, 6) is -0.499. The topological polar surface area (TPSA) is 66.8 Å². The molecule has 0 radical (unpaired) electrons. The average molecular weight is 327 g/mol. The van der Waals surface area contributed by atoms with Gasteiger partial charge in [-0.2, -0.15) is 0 Å². The Kier molecular flexibility index (Phi) is 4.72. The summed E-state index contributed by atoms with van der Waals surface area (Å²) in [7, 11) is -2.05. The first kappa shape index (κ1) is 18.9. The van der Waals surface area contributed by atoms with Crippen LogP contribution in [0.4, 0.5) is 4.79 Å². The zero-order valence-corrected chi connectivity index (χ0v) is 16.0. The molecule has 1 aliphatic heterocycles. The Labute approximate surface area is 134 Å². The van der Waals surface area contributed by atoms with Gasteiger partial charge in [-0.05, 0) is 23.5 Å². The lowest BCUT2D eigenvalue weighted by Gasteiger charge is -2.47. The fraction of sp³-hybridized carbons (Fsp3) is 0.750. The number of hydrogen-bond donors (Lipinski definition) is 1. The Morgan fingerprint density at radius 3 is 2.14 bits per heavy atom. The molecule has 126 valence electrons. The molecule has 2 amide bonds. The minimum Gasteiger partial charge on any atom is -0.465 e. The third-order valence-electron chi connectivity index (χ3n) is 5.07. The summed E-state index contributed by atoms with van der Waals surface area (Å²) in [4.78, 5) is 24.5. The van der Waals surface area contributed by atoms with Crippen molar-refractivity contribution in [1.29, 1.82) is 0 Å². The highest BCUT2D eigenvalue weighted by Crippen LogP contribution is 2.43. The fourth-order valence-electron chi connectivity index (χ4n) is 2.24. The maximum absolute atomic E-state index is 12.0. The van der Waals surface area contributed by atoms with E-state index in [4.69, 9.17) is 4.43 Å². The van der Waals surface area contributed by atoms with Crippen LogP contribution >= 0.6 is 0 Å². The van der Waals surface area contributed by atoms with Crippen LogP contribution in [-0.2, 0) is 9.22 Å². The number of nitrogens with zero attached hydrogens (tertiary/aromatic N) is 1. The molecule has 0 aliphatic carbocycles. The zero-order chi connectivity index (χ0) is 17.6. The number of amides is 2. The van der Waals surface area contributed by atoms with Crippen molar-refractivity contribution in [2.75, 3.05) is 6.61 Å². The molecule has 0 saturated heterocycles. The Morgan fingerprint density at radius 2 is 1.77 bits per heavy atom. The van der Waals surface area contributed by atoms with Crippen molar-refractivity contribution in [3.63, 3.8) is 0 Å². The summed E-state index contributed by atoms with van der Waals surface area (Å²) in [5.41, 5.74) is -1.43. The van der Waals surface area contributed by atoms with Gasteiger partial charge in [-0.15, -0.1) is 0 Å². The first-order valence-electron chi connectivity index (χ1n) is 7.56. The van der Waals surface area contributed by atoms with Crippen LogP contribution in [0.15, 0.2) is 12.2 Å². The van der Waals surface area contributed by atoms with Crippen LogP contribution in [-0.4, -0.2) is 42.5 Å². The van der Waals surface area contributed by atoms with Crippen molar-refractivity contribution in [3.8, 4) is 0 Å². The highest BCUT2D eigenvalue weighted by atomic mass is 28.4. The molecule has 6 heteroatoms. The van der Waals surface area contributed by atoms with Crippen molar-refractivity contribution in [3.05, 3.63) is 12.2 Å². The minimum absolute atomic E-state index is 0.0203. The van der Waals surface area contributed by atoms with Crippen LogP contribution in [0.1, 0.15) is 41.5 Å². The summed E-state index contributed by atoms with van der Waals surface area (Å²) >= 11 is 0. The largest absolute Gasteiger partial charge is 0.465 e. The molecule has 0 bridgehead atoms. The van der Waals surface area contributed by atoms with Crippen molar-refractivity contribution in [1.82, 2.24) is 4.90 Å². The Morgan fingerprint density at radius 1 is 1.27 bits per heavy atom. The molecule has 5 nitrogen and oxygen atoms in total. The lowest BCUT2D eigenvalue weighted by atomic mass is 9.74. The number of carbonyl (C=O) groups excluding carboxylic acids is 1. The van der Waals surface area contributed by atoms with Gasteiger partial charge in [0.15, 0.2) is 8.32 Å². The Bertz CT molecular complexity index is 499. The van der Waals surface area contributed by atoms with Gasteiger partial charge in [0, 0.05) is 6.08 Å². The van der Waals surface area contributed by atoms with Gasteiger partial charge in [0.05, 0.1) is 12.1 Å². The van der Waals surface area contributed by atoms with Gasteiger partial charge in [-0.3, -0.25) is 4.79 Å².